The third-order valence-electron chi connectivity index (χ3n) is 7.61. The largest absolute Gasteiger partial charge is 0.467 e. The minimum atomic E-state index is -1.43. The Kier molecular flexibility index (Phi) is 14.3. The molecule has 1 saturated heterocycles. The van der Waals surface area contributed by atoms with Gasteiger partial charge in [-0.2, -0.15) is 0 Å². The van der Waals surface area contributed by atoms with Gasteiger partial charge in [0.05, 0.1) is 7.11 Å². The highest BCUT2D eigenvalue weighted by molar-refractivity contribution is 5.98. The molecule has 0 saturated carbocycles. The van der Waals surface area contributed by atoms with E-state index < -0.39 is 70.5 Å². The van der Waals surface area contributed by atoms with Crippen LogP contribution in [0.15, 0.2) is 0 Å². The number of alkyl carbamates (subject to hydrolysis) is 1. The third-order valence-corrected chi connectivity index (χ3v) is 7.61. The summed E-state index contributed by atoms with van der Waals surface area (Å²) in [5.74, 6) is -2.50. The predicted octanol–water partition coefficient (Wildman–Crippen LogP) is 2.80. The van der Waals surface area contributed by atoms with E-state index in [0.29, 0.717) is 25.8 Å². The predicted molar refractivity (Wildman–Crippen MR) is 170 cm³/mol. The van der Waals surface area contributed by atoms with E-state index in [9.17, 15) is 28.8 Å². The van der Waals surface area contributed by atoms with Crippen LogP contribution in [0.25, 0.3) is 0 Å². The highest BCUT2D eigenvalue weighted by atomic mass is 16.6. The second-order valence-electron chi connectivity index (χ2n) is 14.5. The Labute approximate surface area is 268 Å². The summed E-state index contributed by atoms with van der Waals surface area (Å²) >= 11 is 0. The van der Waals surface area contributed by atoms with E-state index in [4.69, 9.17) is 9.47 Å². The maximum absolute atomic E-state index is 13.8. The zero-order valence-corrected chi connectivity index (χ0v) is 29.3. The summed E-state index contributed by atoms with van der Waals surface area (Å²) in [5, 5.41) is 10.9. The first kappa shape index (κ1) is 39.6. The molecule has 45 heavy (non-hydrogen) atoms. The number of amides is 5. The molecule has 0 aromatic heterocycles. The first-order valence-corrected chi connectivity index (χ1v) is 15.9. The maximum atomic E-state index is 13.8. The van der Waals surface area contributed by atoms with E-state index in [1.807, 2.05) is 27.7 Å². The fourth-order valence-electron chi connectivity index (χ4n) is 5.04. The highest BCUT2D eigenvalue weighted by Gasteiger charge is 2.44. The molecular weight excluding hydrogens is 582 g/mol. The van der Waals surface area contributed by atoms with Gasteiger partial charge in [0.25, 0.3) is 0 Å². The number of ether oxygens (including phenoxy) is 2. The molecule has 4 N–H and O–H groups in total. The summed E-state index contributed by atoms with van der Waals surface area (Å²) in [4.78, 5) is 80.2. The molecule has 1 aliphatic rings. The molecule has 13 nitrogen and oxygen atoms in total. The van der Waals surface area contributed by atoms with Crippen molar-refractivity contribution in [2.45, 2.75) is 143 Å². The number of hydrogen-bond donors (Lipinski definition) is 4. The number of rotatable bonds is 14. The van der Waals surface area contributed by atoms with E-state index in [1.165, 1.54) is 12.0 Å². The lowest BCUT2D eigenvalue weighted by atomic mass is 9.95. The zero-order valence-electron chi connectivity index (χ0n) is 29.3. The van der Waals surface area contributed by atoms with Crippen molar-refractivity contribution in [1.29, 1.82) is 0 Å². The van der Waals surface area contributed by atoms with Crippen LogP contribution in [0.3, 0.4) is 0 Å². The maximum Gasteiger partial charge on any atom is 0.408 e. The van der Waals surface area contributed by atoms with Gasteiger partial charge in [-0.25, -0.2) is 9.59 Å². The highest BCUT2D eigenvalue weighted by Crippen LogP contribution is 2.23. The lowest BCUT2D eigenvalue weighted by Gasteiger charge is -2.35. The summed E-state index contributed by atoms with van der Waals surface area (Å²) in [5.41, 5.74) is -3.56. The number of hydrogen-bond acceptors (Lipinski definition) is 8. The molecule has 13 heteroatoms. The van der Waals surface area contributed by atoms with Crippen LogP contribution in [-0.2, 0) is 33.4 Å². The molecule has 1 fully saturated rings. The molecule has 0 aliphatic carbocycles. The molecule has 0 bridgehead atoms. The minimum absolute atomic E-state index is 0.00631. The van der Waals surface area contributed by atoms with Crippen molar-refractivity contribution in [3.8, 4) is 0 Å². The van der Waals surface area contributed by atoms with E-state index in [-0.39, 0.29) is 24.7 Å². The number of likely N-dealkylation sites (tertiary alicyclic amines) is 1. The van der Waals surface area contributed by atoms with Gasteiger partial charge in [0.15, 0.2) is 0 Å². The Morgan fingerprint density at radius 1 is 0.844 bits per heavy atom. The molecular formula is C32H57N5O8. The van der Waals surface area contributed by atoms with Crippen molar-refractivity contribution in [3.63, 3.8) is 0 Å². The molecule has 4 atom stereocenters. The van der Waals surface area contributed by atoms with Crippen LogP contribution >= 0.6 is 0 Å². The Morgan fingerprint density at radius 3 is 1.89 bits per heavy atom. The monoisotopic (exact) mass is 639 g/mol. The number of esters is 1. The van der Waals surface area contributed by atoms with Gasteiger partial charge in [-0.15, -0.1) is 0 Å². The summed E-state index contributed by atoms with van der Waals surface area (Å²) < 4.78 is 10.2. The SMILES string of the molecule is CC[C@](C)(NC(=O)OC(C)(C)C)C(=O)N[C@@H](CC(C)C)C(=O)NC(C)(C)C(=O)N1CCC[C@H]1C(=O)N[C@@H](CC(C)C)C(=O)OC. The Balaban J connectivity index is 3.10. The first-order valence-electron chi connectivity index (χ1n) is 15.9. The third kappa shape index (κ3) is 12.1. The molecule has 0 spiro atoms. The standard InChI is InChI=1S/C32H57N5O8/c1-13-32(11,36-29(43)45-30(6,7)8)27(41)34-21(17-19(2)3)24(38)35-31(9,10)28(42)37-16-14-15-23(37)25(39)33-22(18-20(4)5)26(40)44-12/h19-23H,13-18H2,1-12H3,(H,33,39)(H,34,41)(H,35,38)(H,36,43)/t21-,22-,23-,32-/m0/s1. The topological polar surface area (TPSA) is 172 Å². The van der Waals surface area contributed by atoms with Crippen molar-refractivity contribution < 1.29 is 38.2 Å². The fraction of sp³-hybridized carbons (Fsp3) is 0.812. The van der Waals surface area contributed by atoms with Gasteiger partial charge in [0, 0.05) is 6.54 Å². The Bertz CT molecular complexity index is 1080. The van der Waals surface area contributed by atoms with Crippen LogP contribution in [0.5, 0.6) is 0 Å². The van der Waals surface area contributed by atoms with Crippen LogP contribution in [0, 0.1) is 11.8 Å². The van der Waals surface area contributed by atoms with Crippen LogP contribution in [0.2, 0.25) is 0 Å². The number of nitrogens with zero attached hydrogens (tertiary/aromatic N) is 1. The molecule has 0 aromatic carbocycles. The molecule has 1 rings (SSSR count). The van der Waals surface area contributed by atoms with E-state index in [0.717, 1.165) is 0 Å². The van der Waals surface area contributed by atoms with Crippen LogP contribution < -0.4 is 21.3 Å². The summed E-state index contributed by atoms with van der Waals surface area (Å²) in [6.07, 6.45) is 1.10. The summed E-state index contributed by atoms with van der Waals surface area (Å²) in [6.45, 7) is 19.5. The van der Waals surface area contributed by atoms with Gasteiger partial charge in [-0.05, 0) is 85.5 Å². The van der Waals surface area contributed by atoms with Gasteiger partial charge in [0.1, 0.15) is 34.8 Å². The van der Waals surface area contributed by atoms with Crippen LogP contribution in [0.1, 0.15) is 108 Å². The van der Waals surface area contributed by atoms with Crippen molar-refractivity contribution >= 4 is 35.7 Å². The summed E-state index contributed by atoms with van der Waals surface area (Å²) in [7, 11) is 1.26. The Hall–Kier alpha value is -3.38. The molecule has 258 valence electrons. The summed E-state index contributed by atoms with van der Waals surface area (Å²) in [6, 6.07) is -2.67. The molecule has 1 heterocycles. The number of carbonyl (C=O) groups is 6. The Morgan fingerprint density at radius 2 is 1.40 bits per heavy atom. The molecule has 0 aromatic rings. The number of carbonyl (C=O) groups excluding carboxylic acids is 6. The van der Waals surface area contributed by atoms with E-state index in [2.05, 4.69) is 21.3 Å². The average molecular weight is 640 g/mol. The van der Waals surface area contributed by atoms with Crippen LogP contribution in [0.4, 0.5) is 4.79 Å². The van der Waals surface area contributed by atoms with Gasteiger partial charge >= 0.3 is 12.1 Å². The quantitative estimate of drug-likeness (QED) is 0.210. The second kappa shape index (κ2) is 16.3. The van der Waals surface area contributed by atoms with Gasteiger partial charge < -0.3 is 35.6 Å². The fourth-order valence-corrected chi connectivity index (χ4v) is 5.04. The van der Waals surface area contributed by atoms with Gasteiger partial charge in [-0.3, -0.25) is 19.2 Å². The molecule has 1 aliphatic heterocycles. The first-order chi connectivity index (χ1) is 20.6. The number of nitrogens with one attached hydrogen (secondary N) is 4. The lowest BCUT2D eigenvalue weighted by Crippen LogP contribution is -2.64. The van der Waals surface area contributed by atoms with E-state index >= 15 is 0 Å². The minimum Gasteiger partial charge on any atom is -0.467 e. The molecule has 5 amide bonds. The molecule has 0 unspecified atom stereocenters. The zero-order chi connectivity index (χ0) is 34.9. The average Bonchev–Trinajstić information content (AvgIpc) is 3.39. The van der Waals surface area contributed by atoms with Crippen LogP contribution in [-0.4, -0.2) is 89.1 Å². The number of methoxy groups -OCH3 is 1. The second-order valence-corrected chi connectivity index (χ2v) is 14.5. The molecule has 0 radical (unpaired) electrons. The van der Waals surface area contributed by atoms with Crippen molar-refractivity contribution in [2.24, 2.45) is 11.8 Å². The van der Waals surface area contributed by atoms with Crippen molar-refractivity contribution in [2.75, 3.05) is 13.7 Å². The van der Waals surface area contributed by atoms with Crippen molar-refractivity contribution in [3.05, 3.63) is 0 Å². The van der Waals surface area contributed by atoms with E-state index in [1.54, 1.807) is 48.5 Å². The smallest absolute Gasteiger partial charge is 0.408 e. The van der Waals surface area contributed by atoms with Gasteiger partial charge in [-0.1, -0.05) is 34.6 Å². The van der Waals surface area contributed by atoms with Crippen molar-refractivity contribution in [1.82, 2.24) is 26.2 Å². The van der Waals surface area contributed by atoms with Gasteiger partial charge in [0.2, 0.25) is 23.6 Å². The lowest BCUT2D eigenvalue weighted by molar-refractivity contribution is -0.148. The normalized spacial score (nSPS) is 18.0.